The van der Waals surface area contributed by atoms with Crippen molar-refractivity contribution in [1.29, 1.82) is 0 Å². The van der Waals surface area contributed by atoms with Crippen molar-refractivity contribution in [1.82, 2.24) is 16.3 Å². The molecule has 1 fully saturated rings. The summed E-state index contributed by atoms with van der Waals surface area (Å²) in [5.41, 5.74) is 8.36. The largest absolute Gasteiger partial charge is 0.291 e. The number of hydrazone groups is 1. The van der Waals surface area contributed by atoms with Gasteiger partial charge in [-0.15, -0.1) is 0 Å². The first-order valence-corrected chi connectivity index (χ1v) is 6.13. The minimum atomic E-state index is -0.257. The van der Waals surface area contributed by atoms with Gasteiger partial charge in [-0.1, -0.05) is 23.7 Å². The van der Waals surface area contributed by atoms with Crippen molar-refractivity contribution in [2.45, 2.75) is 18.9 Å². The fourth-order valence-corrected chi connectivity index (χ4v) is 1.87. The highest BCUT2D eigenvalue weighted by Crippen LogP contribution is 2.08. The van der Waals surface area contributed by atoms with E-state index in [4.69, 9.17) is 11.6 Å². The maximum Gasteiger partial charge on any atom is 0.241 e. The van der Waals surface area contributed by atoms with Crippen LogP contribution in [-0.2, 0) is 9.59 Å². The van der Waals surface area contributed by atoms with E-state index in [1.807, 2.05) is 6.07 Å². The van der Waals surface area contributed by atoms with E-state index in [1.54, 1.807) is 18.2 Å². The molecule has 0 aromatic heterocycles. The Bertz CT molecular complexity index is 518. The van der Waals surface area contributed by atoms with Gasteiger partial charge in [-0.05, 0) is 17.7 Å². The maximum atomic E-state index is 11.5. The van der Waals surface area contributed by atoms with Crippen LogP contribution in [0.4, 0.5) is 0 Å². The summed E-state index contributed by atoms with van der Waals surface area (Å²) in [6.45, 7) is 0. The smallest absolute Gasteiger partial charge is 0.241 e. The molecule has 0 spiro atoms. The van der Waals surface area contributed by atoms with Crippen LogP contribution in [0.25, 0.3) is 0 Å². The van der Waals surface area contributed by atoms with Gasteiger partial charge >= 0.3 is 0 Å². The Labute approximate surface area is 115 Å². The van der Waals surface area contributed by atoms with Gasteiger partial charge in [-0.3, -0.25) is 15.0 Å². The SMILES string of the molecule is O=C(CC1CC(=O)NN1)N/N=C/c1cccc(Cl)c1. The molecule has 0 radical (unpaired) electrons. The van der Waals surface area contributed by atoms with Crippen molar-refractivity contribution in [2.75, 3.05) is 0 Å². The molecule has 1 aliphatic rings. The van der Waals surface area contributed by atoms with Gasteiger partial charge in [-0.2, -0.15) is 5.10 Å². The Morgan fingerprint density at radius 2 is 2.42 bits per heavy atom. The predicted octanol–water partition coefficient (Wildman–Crippen LogP) is 0.573. The lowest BCUT2D eigenvalue weighted by atomic mass is 10.1. The number of rotatable bonds is 4. The summed E-state index contributed by atoms with van der Waals surface area (Å²) in [5, 5.41) is 4.43. The summed E-state index contributed by atoms with van der Waals surface area (Å²) < 4.78 is 0. The quantitative estimate of drug-likeness (QED) is 0.557. The molecule has 7 heteroatoms. The number of hydrogen-bond donors (Lipinski definition) is 3. The standard InChI is InChI=1S/C12H13ClN4O2/c13-9-3-1-2-8(4-9)7-14-16-11(18)5-10-6-12(19)17-15-10/h1-4,7,10,15H,5-6H2,(H,16,18)(H,17,19)/b14-7+. The van der Waals surface area contributed by atoms with Gasteiger partial charge in [0, 0.05) is 23.9 Å². The van der Waals surface area contributed by atoms with Crippen molar-refractivity contribution in [3.8, 4) is 0 Å². The van der Waals surface area contributed by atoms with Gasteiger partial charge in [0.25, 0.3) is 0 Å². The predicted molar refractivity (Wildman–Crippen MR) is 71.5 cm³/mol. The summed E-state index contributed by atoms with van der Waals surface area (Å²) in [7, 11) is 0. The van der Waals surface area contributed by atoms with Crippen LogP contribution in [0.15, 0.2) is 29.4 Å². The van der Waals surface area contributed by atoms with Gasteiger partial charge in [0.1, 0.15) is 0 Å². The molecule has 0 bridgehead atoms. The van der Waals surface area contributed by atoms with E-state index >= 15 is 0 Å². The minimum absolute atomic E-state index is 0.111. The van der Waals surface area contributed by atoms with Crippen LogP contribution < -0.4 is 16.3 Å². The molecule has 1 saturated heterocycles. The third kappa shape index (κ3) is 4.35. The van der Waals surface area contributed by atoms with Gasteiger partial charge in [0.15, 0.2) is 0 Å². The third-order valence-corrected chi connectivity index (χ3v) is 2.77. The molecule has 6 nitrogen and oxygen atoms in total. The van der Waals surface area contributed by atoms with Crippen molar-refractivity contribution >= 4 is 29.6 Å². The fourth-order valence-electron chi connectivity index (χ4n) is 1.67. The van der Waals surface area contributed by atoms with Gasteiger partial charge in [0.05, 0.1) is 6.21 Å². The normalized spacial score (nSPS) is 18.6. The molecule has 1 atom stereocenters. The Morgan fingerprint density at radius 1 is 1.58 bits per heavy atom. The van der Waals surface area contributed by atoms with Crippen LogP contribution in [0, 0.1) is 0 Å². The van der Waals surface area contributed by atoms with Crippen molar-refractivity contribution in [3.05, 3.63) is 34.9 Å². The van der Waals surface area contributed by atoms with Crippen LogP contribution in [-0.4, -0.2) is 24.1 Å². The number of carbonyl (C=O) groups is 2. The van der Waals surface area contributed by atoms with Crippen LogP contribution >= 0.6 is 11.6 Å². The lowest BCUT2D eigenvalue weighted by molar-refractivity contribution is -0.121. The van der Waals surface area contributed by atoms with Crippen molar-refractivity contribution < 1.29 is 9.59 Å². The van der Waals surface area contributed by atoms with E-state index in [-0.39, 0.29) is 24.3 Å². The van der Waals surface area contributed by atoms with E-state index in [9.17, 15) is 9.59 Å². The lowest BCUT2D eigenvalue weighted by Gasteiger charge is -2.05. The molecule has 1 aromatic rings. The molecule has 2 rings (SSSR count). The summed E-state index contributed by atoms with van der Waals surface area (Å²) in [4.78, 5) is 22.5. The minimum Gasteiger partial charge on any atom is -0.291 e. The monoisotopic (exact) mass is 280 g/mol. The average Bonchev–Trinajstić information content (AvgIpc) is 2.75. The van der Waals surface area contributed by atoms with Crippen LogP contribution in [0.1, 0.15) is 18.4 Å². The molecule has 2 amide bonds. The Kier molecular flexibility index (Phi) is 4.48. The molecule has 19 heavy (non-hydrogen) atoms. The first kappa shape index (κ1) is 13.5. The van der Waals surface area contributed by atoms with Crippen LogP contribution in [0.3, 0.4) is 0 Å². The van der Waals surface area contributed by atoms with E-state index in [0.717, 1.165) is 5.56 Å². The van der Waals surface area contributed by atoms with Crippen LogP contribution in [0.5, 0.6) is 0 Å². The molecule has 100 valence electrons. The van der Waals surface area contributed by atoms with Crippen molar-refractivity contribution in [2.24, 2.45) is 5.10 Å². The molecule has 1 aromatic carbocycles. The Morgan fingerprint density at radius 3 is 3.11 bits per heavy atom. The molecule has 1 aliphatic heterocycles. The Balaban J connectivity index is 1.78. The average molecular weight is 281 g/mol. The topological polar surface area (TPSA) is 82.6 Å². The van der Waals surface area contributed by atoms with Gasteiger partial charge in [-0.25, -0.2) is 10.9 Å². The van der Waals surface area contributed by atoms with E-state index < -0.39 is 0 Å². The Hall–Kier alpha value is -1.92. The lowest BCUT2D eigenvalue weighted by Crippen LogP contribution is -2.34. The number of carbonyl (C=O) groups excluding carboxylic acids is 2. The molecule has 3 N–H and O–H groups in total. The highest BCUT2D eigenvalue weighted by Gasteiger charge is 2.22. The molecule has 1 heterocycles. The van der Waals surface area contributed by atoms with Crippen LogP contribution in [0.2, 0.25) is 5.02 Å². The second-order valence-corrected chi connectivity index (χ2v) is 4.58. The molecule has 1 unspecified atom stereocenters. The zero-order valence-electron chi connectivity index (χ0n) is 10.0. The number of halogens is 1. The zero-order valence-corrected chi connectivity index (χ0v) is 10.8. The first-order valence-electron chi connectivity index (χ1n) is 5.75. The van der Waals surface area contributed by atoms with E-state index in [1.165, 1.54) is 6.21 Å². The fraction of sp³-hybridized carbons (Fsp3) is 0.250. The van der Waals surface area contributed by atoms with Gasteiger partial charge < -0.3 is 0 Å². The number of amides is 2. The summed E-state index contributed by atoms with van der Waals surface area (Å²) in [6, 6.07) is 6.92. The van der Waals surface area contributed by atoms with E-state index in [0.29, 0.717) is 11.4 Å². The zero-order chi connectivity index (χ0) is 13.7. The van der Waals surface area contributed by atoms with E-state index in [2.05, 4.69) is 21.4 Å². The second kappa shape index (κ2) is 6.31. The number of nitrogens with zero attached hydrogens (tertiary/aromatic N) is 1. The first-order chi connectivity index (χ1) is 9.13. The summed E-state index contributed by atoms with van der Waals surface area (Å²) in [5.74, 6) is -0.368. The summed E-state index contributed by atoms with van der Waals surface area (Å²) >= 11 is 5.82. The third-order valence-electron chi connectivity index (χ3n) is 2.53. The van der Waals surface area contributed by atoms with Crippen molar-refractivity contribution in [3.63, 3.8) is 0 Å². The number of nitrogens with one attached hydrogen (secondary N) is 3. The highest BCUT2D eigenvalue weighted by atomic mass is 35.5. The van der Waals surface area contributed by atoms with Gasteiger partial charge in [0.2, 0.25) is 11.8 Å². The maximum absolute atomic E-state index is 11.5. The number of hydrazine groups is 1. The highest BCUT2D eigenvalue weighted by molar-refractivity contribution is 6.30. The molecular formula is C12H13ClN4O2. The number of hydrogen-bond acceptors (Lipinski definition) is 4. The molecular weight excluding hydrogens is 268 g/mol. The molecule has 0 saturated carbocycles. The summed E-state index contributed by atoms with van der Waals surface area (Å²) in [6.07, 6.45) is 1.99. The molecule has 0 aliphatic carbocycles. The number of benzene rings is 1. The second-order valence-electron chi connectivity index (χ2n) is 4.15.